The zero-order valence-corrected chi connectivity index (χ0v) is 16.1. The van der Waals surface area contributed by atoms with Gasteiger partial charge in [0.25, 0.3) is 0 Å². The van der Waals surface area contributed by atoms with E-state index < -0.39 is 7.67 Å². The molecule has 134 valence electrons. The van der Waals surface area contributed by atoms with E-state index in [2.05, 4.69) is 31.6 Å². The van der Waals surface area contributed by atoms with E-state index in [9.17, 15) is 4.57 Å². The molecule has 0 spiro atoms. The fourth-order valence-electron chi connectivity index (χ4n) is 2.28. The fraction of sp³-hybridized carbons (Fsp3) is 0.474. The van der Waals surface area contributed by atoms with Gasteiger partial charge >= 0.3 is 7.67 Å². The van der Waals surface area contributed by atoms with Crippen LogP contribution < -0.4 is 9.61 Å². The smallest absolute Gasteiger partial charge is 0.392 e. The average Bonchev–Trinajstić information content (AvgIpc) is 2.57. The number of hydrogen-bond acceptors (Lipinski definition) is 2. The predicted octanol–water partition coefficient (Wildman–Crippen LogP) is 5.41. The van der Waals surface area contributed by atoms with Crippen molar-refractivity contribution in [1.29, 1.82) is 0 Å². The highest BCUT2D eigenvalue weighted by Gasteiger charge is 2.29. The summed E-state index contributed by atoms with van der Waals surface area (Å²) in [5.41, 5.74) is 1.37. The van der Waals surface area contributed by atoms with Crippen molar-refractivity contribution in [3.63, 3.8) is 0 Å². The Labute approximate surface area is 147 Å². The van der Waals surface area contributed by atoms with Crippen LogP contribution in [-0.2, 0) is 4.57 Å². The lowest BCUT2D eigenvalue weighted by atomic mass is 10.1. The van der Waals surface area contributed by atoms with Crippen molar-refractivity contribution in [2.45, 2.75) is 39.5 Å². The van der Waals surface area contributed by atoms with Crippen molar-refractivity contribution < 1.29 is 9.09 Å². The minimum Gasteiger partial charge on any atom is -0.422 e. The zero-order chi connectivity index (χ0) is 17.8. The lowest BCUT2D eigenvalue weighted by molar-refractivity contribution is 0.376. The molecule has 0 bridgehead atoms. The van der Waals surface area contributed by atoms with Crippen molar-refractivity contribution in [2.24, 2.45) is 0 Å². The van der Waals surface area contributed by atoms with Gasteiger partial charge in [0.1, 0.15) is 5.75 Å². The van der Waals surface area contributed by atoms with Crippen LogP contribution in [0.4, 0.5) is 0 Å². The molecule has 5 heteroatoms. The molecule has 0 radical (unpaired) electrons. The van der Waals surface area contributed by atoms with Crippen LogP contribution in [0.1, 0.15) is 39.5 Å². The molecular weight excluding hydrogens is 319 g/mol. The largest absolute Gasteiger partial charge is 0.422 e. The van der Waals surface area contributed by atoms with Crippen molar-refractivity contribution >= 4 is 7.67 Å². The second-order valence-corrected chi connectivity index (χ2v) is 8.10. The van der Waals surface area contributed by atoms with Gasteiger partial charge in [0.15, 0.2) is 0 Å². The quantitative estimate of drug-likeness (QED) is 0.311. The molecule has 1 atom stereocenters. The Morgan fingerprint density at radius 1 is 1.33 bits per heavy atom. The molecule has 1 aromatic carbocycles. The summed E-state index contributed by atoms with van der Waals surface area (Å²) >= 11 is 0. The number of rotatable bonds is 12. The van der Waals surface area contributed by atoms with E-state index in [-0.39, 0.29) is 0 Å². The molecule has 4 nitrogen and oxygen atoms in total. The highest BCUT2D eigenvalue weighted by molar-refractivity contribution is 7.54. The van der Waals surface area contributed by atoms with E-state index in [1.165, 1.54) is 5.57 Å². The second-order valence-electron chi connectivity index (χ2n) is 5.88. The van der Waals surface area contributed by atoms with Crippen molar-refractivity contribution in [3.8, 4) is 5.75 Å². The summed E-state index contributed by atoms with van der Waals surface area (Å²) in [7, 11) is -1.31. The number of nitrogens with one attached hydrogen (secondary N) is 1. The van der Waals surface area contributed by atoms with Crippen LogP contribution in [0.25, 0.3) is 0 Å². The molecular formula is C19H31N2O2P. The standard InChI is InChI=1S/C19H31N2O2P/c1-5-7-17-21(4)24(22,23-19-14-9-8-10-15-19)20-16-11-13-18(3)12-6-2/h5,8-10,13-15H,1,6-7,11-12,16-17H2,2-4H3,(H,20,22)/b18-13-. The highest BCUT2D eigenvalue weighted by Crippen LogP contribution is 2.45. The number of benzene rings is 1. The van der Waals surface area contributed by atoms with E-state index in [4.69, 9.17) is 4.52 Å². The van der Waals surface area contributed by atoms with Crippen molar-refractivity contribution in [2.75, 3.05) is 20.1 Å². The van der Waals surface area contributed by atoms with Crippen LogP contribution in [0.15, 0.2) is 54.6 Å². The molecule has 0 amide bonds. The van der Waals surface area contributed by atoms with Gasteiger partial charge in [-0.2, -0.15) is 0 Å². The summed E-state index contributed by atoms with van der Waals surface area (Å²) in [4.78, 5) is 0. The molecule has 0 aliphatic heterocycles. The lowest BCUT2D eigenvalue weighted by Crippen LogP contribution is -2.29. The molecule has 0 saturated carbocycles. The molecule has 0 saturated heterocycles. The Balaban J connectivity index is 2.71. The van der Waals surface area contributed by atoms with Crippen molar-refractivity contribution in [1.82, 2.24) is 9.76 Å². The molecule has 0 heterocycles. The summed E-state index contributed by atoms with van der Waals surface area (Å²) in [6, 6.07) is 9.30. The first-order valence-electron chi connectivity index (χ1n) is 8.59. The third kappa shape index (κ3) is 7.48. The molecule has 0 aliphatic carbocycles. The van der Waals surface area contributed by atoms with Crippen LogP contribution in [0.2, 0.25) is 0 Å². The number of hydrogen-bond donors (Lipinski definition) is 1. The summed E-state index contributed by atoms with van der Waals surface area (Å²) < 4.78 is 20.9. The van der Waals surface area contributed by atoms with Crippen LogP contribution in [0, 0.1) is 0 Å². The van der Waals surface area contributed by atoms with Gasteiger partial charge in [-0.15, -0.1) is 6.58 Å². The Morgan fingerprint density at radius 3 is 2.67 bits per heavy atom. The molecule has 1 aromatic rings. The van der Waals surface area contributed by atoms with Crippen LogP contribution in [-0.4, -0.2) is 24.8 Å². The van der Waals surface area contributed by atoms with E-state index in [0.29, 0.717) is 18.8 Å². The summed E-state index contributed by atoms with van der Waals surface area (Å²) in [5, 5.41) is 3.13. The number of allylic oxidation sites excluding steroid dienone is 1. The van der Waals surface area contributed by atoms with Gasteiger partial charge < -0.3 is 4.52 Å². The molecule has 0 fully saturated rings. The number of para-hydroxylation sites is 1. The van der Waals surface area contributed by atoms with Gasteiger partial charge in [0, 0.05) is 13.1 Å². The second kappa shape index (κ2) is 11.2. The lowest BCUT2D eigenvalue weighted by Gasteiger charge is -2.28. The van der Waals surface area contributed by atoms with Gasteiger partial charge in [-0.25, -0.2) is 14.3 Å². The monoisotopic (exact) mass is 350 g/mol. The van der Waals surface area contributed by atoms with Crippen molar-refractivity contribution in [3.05, 3.63) is 54.6 Å². The molecule has 1 unspecified atom stereocenters. The Bertz CT molecular complexity index is 558. The fourth-order valence-corrected chi connectivity index (χ4v) is 3.92. The van der Waals surface area contributed by atoms with Crippen LogP contribution >= 0.6 is 7.67 Å². The topological polar surface area (TPSA) is 41.6 Å². The average molecular weight is 350 g/mol. The first-order chi connectivity index (χ1) is 11.5. The maximum atomic E-state index is 13.3. The Hall–Kier alpha value is -1.35. The van der Waals surface area contributed by atoms with E-state index in [0.717, 1.165) is 25.7 Å². The molecule has 0 aliphatic rings. The molecule has 1 N–H and O–H groups in total. The highest BCUT2D eigenvalue weighted by atomic mass is 31.2. The van der Waals surface area contributed by atoms with Gasteiger partial charge in [0.05, 0.1) is 0 Å². The molecule has 1 rings (SSSR count). The Kier molecular flexibility index (Phi) is 9.70. The normalized spacial score (nSPS) is 14.4. The van der Waals surface area contributed by atoms with Gasteiger partial charge in [0.2, 0.25) is 0 Å². The first kappa shape index (κ1) is 20.7. The van der Waals surface area contributed by atoms with E-state index >= 15 is 0 Å². The summed E-state index contributed by atoms with van der Waals surface area (Å²) in [6.07, 6.45) is 7.87. The minimum absolute atomic E-state index is 0.608. The van der Waals surface area contributed by atoms with Gasteiger partial charge in [-0.3, -0.25) is 0 Å². The van der Waals surface area contributed by atoms with Crippen LogP contribution in [0.5, 0.6) is 5.75 Å². The van der Waals surface area contributed by atoms with Gasteiger partial charge in [-0.05, 0) is 45.4 Å². The van der Waals surface area contributed by atoms with Crippen LogP contribution in [0.3, 0.4) is 0 Å². The van der Waals surface area contributed by atoms with E-state index in [1.54, 1.807) is 4.67 Å². The number of nitrogens with zero attached hydrogens (tertiary/aromatic N) is 1. The first-order valence-corrected chi connectivity index (χ1v) is 10.2. The molecule has 24 heavy (non-hydrogen) atoms. The maximum absolute atomic E-state index is 13.3. The zero-order valence-electron chi connectivity index (χ0n) is 15.2. The summed E-state index contributed by atoms with van der Waals surface area (Å²) in [5.74, 6) is 0.608. The third-order valence-corrected chi connectivity index (χ3v) is 5.85. The minimum atomic E-state index is -3.13. The van der Waals surface area contributed by atoms with Gasteiger partial charge in [-0.1, -0.05) is 49.3 Å². The molecule has 0 aromatic heterocycles. The van der Waals surface area contributed by atoms with E-state index in [1.807, 2.05) is 43.5 Å². The predicted molar refractivity (Wildman–Crippen MR) is 103 cm³/mol. The summed E-state index contributed by atoms with van der Waals surface area (Å²) in [6.45, 7) is 9.28. The third-order valence-electron chi connectivity index (χ3n) is 3.67. The Morgan fingerprint density at radius 2 is 2.04 bits per heavy atom. The SMILES string of the molecule is C=CCCN(C)P(=O)(NCC/C=C(/C)CCC)Oc1ccccc1. The maximum Gasteiger partial charge on any atom is 0.392 e.